The van der Waals surface area contributed by atoms with Gasteiger partial charge in [-0.1, -0.05) is 49.0 Å². The summed E-state index contributed by atoms with van der Waals surface area (Å²) in [6.45, 7) is 13.9. The number of aromatic nitrogens is 11. The van der Waals surface area contributed by atoms with E-state index in [9.17, 15) is 18.0 Å². The van der Waals surface area contributed by atoms with Crippen LogP contribution in [0.5, 0.6) is 17.2 Å². The minimum absolute atomic E-state index is 0.0283. The number of hydrogen-bond acceptors (Lipinski definition) is 15. The number of aryl methyl sites for hydroxylation is 5. The third-order valence-corrected chi connectivity index (χ3v) is 17.1. The minimum Gasteiger partial charge on any atom is -0.493 e. The van der Waals surface area contributed by atoms with E-state index >= 15 is 0 Å². The first-order valence-electron chi connectivity index (χ1n) is 33.3. The number of anilines is 3. The highest BCUT2D eigenvalue weighted by atomic mass is 19.1. The van der Waals surface area contributed by atoms with E-state index in [1.165, 1.54) is 23.8 Å². The average molecular weight is 1300 g/mol. The number of amides is 1. The van der Waals surface area contributed by atoms with Gasteiger partial charge in [0.05, 0.1) is 53.5 Å². The van der Waals surface area contributed by atoms with Crippen LogP contribution in [0.25, 0.3) is 55.2 Å². The van der Waals surface area contributed by atoms with Gasteiger partial charge in [0.15, 0.2) is 0 Å². The molecule has 0 saturated carbocycles. The molecule has 96 heavy (non-hydrogen) atoms. The van der Waals surface area contributed by atoms with Crippen LogP contribution in [0.4, 0.5) is 36.8 Å². The summed E-state index contributed by atoms with van der Waals surface area (Å²) in [6.07, 6.45) is 13.1. The zero-order valence-corrected chi connectivity index (χ0v) is 53.5. The average Bonchev–Trinajstić information content (AvgIpc) is 1.51. The van der Waals surface area contributed by atoms with Crippen molar-refractivity contribution < 1.29 is 37.7 Å². The topological polar surface area (TPSA) is 209 Å². The first-order chi connectivity index (χ1) is 48.1. The Morgan fingerprint density at radius 2 is 1.16 bits per heavy atom. The van der Waals surface area contributed by atoms with Crippen LogP contribution < -0.4 is 35.5 Å². The molecule has 486 valence electrons. The Kier molecular flexibility index (Phi) is 15.5. The maximum Gasteiger partial charge on any atom is 0.303 e. The number of β-lactam (4-membered cyclic amide) rings is 1. The van der Waals surface area contributed by atoms with Crippen molar-refractivity contribution in [1.82, 2.24) is 63.1 Å². The van der Waals surface area contributed by atoms with E-state index < -0.39 is 25.3 Å². The van der Waals surface area contributed by atoms with Gasteiger partial charge in [-0.15, -0.1) is 0 Å². The number of imidazole rings is 3. The van der Waals surface area contributed by atoms with Gasteiger partial charge in [-0.3, -0.25) is 18.0 Å². The molecule has 1 amide bonds. The zero-order chi connectivity index (χ0) is 70.0. The number of fused-ring (bicyclic) bond motifs is 6. The summed E-state index contributed by atoms with van der Waals surface area (Å²) >= 11 is 0. The number of nitrogens with zero attached hydrogens (tertiary/aromatic N) is 13. The predicted octanol–water partition coefficient (Wildman–Crippen LogP) is 12.4. The minimum atomic E-state index is -2.45. The normalized spacial score (nSPS) is 16.4. The molecule has 5 aromatic carbocycles. The van der Waals surface area contributed by atoms with E-state index in [-0.39, 0.29) is 53.0 Å². The Balaban J connectivity index is 0.000000128. The lowest BCUT2D eigenvalue weighted by molar-refractivity contribution is -0.128. The van der Waals surface area contributed by atoms with Crippen LogP contribution in [0.15, 0.2) is 122 Å². The number of ether oxygens (including phenoxy) is 3. The van der Waals surface area contributed by atoms with Crippen LogP contribution in [0.3, 0.4) is 0 Å². The highest BCUT2D eigenvalue weighted by Gasteiger charge is 2.28. The van der Waals surface area contributed by atoms with E-state index in [0.717, 1.165) is 85.7 Å². The highest BCUT2D eigenvalue weighted by Crippen LogP contribution is 2.38. The molecule has 7 aromatic heterocycles. The van der Waals surface area contributed by atoms with Gasteiger partial charge in [0, 0.05) is 153 Å². The molecule has 0 spiro atoms. The maximum atomic E-state index is 15.0. The zero-order valence-electron chi connectivity index (χ0n) is 57.5. The molecule has 4 aliphatic rings. The van der Waals surface area contributed by atoms with E-state index in [0.29, 0.717) is 96.0 Å². The molecule has 11 heterocycles. The van der Waals surface area contributed by atoms with Crippen molar-refractivity contribution in [2.24, 2.45) is 7.05 Å². The van der Waals surface area contributed by atoms with Crippen molar-refractivity contribution in [2.75, 3.05) is 49.8 Å². The Labute approximate surface area is 556 Å². The van der Waals surface area contributed by atoms with E-state index in [1.807, 2.05) is 93.3 Å². The monoisotopic (exact) mass is 1300 g/mol. The third kappa shape index (κ3) is 12.2. The van der Waals surface area contributed by atoms with Gasteiger partial charge in [0.1, 0.15) is 51.6 Å². The molecule has 1 saturated heterocycles. The Morgan fingerprint density at radius 1 is 0.646 bits per heavy atom. The second-order valence-corrected chi connectivity index (χ2v) is 24.1. The Morgan fingerprint density at radius 3 is 1.69 bits per heavy atom. The standard InChI is InChI=1S/C26H28FN5O.C25H22FN5O2.C21H18FN7O/c1-16-11-18(15-31(3)4)5-6-19(16)22-13-29-26(32-14-17(2)30-25(22)32)28-12-21-20-9-10-33-24(20)8-7-23(21)27;1-14-13-31-24(29-14)18(15-2-4-16(5-3-15)21-10-23(32)30-21)11-27-25(31)28-12-19-17-8-9-33-22(17)7-6-20(19)26;1-12-10-29-20(26-12)15(16-11-28(3)27-19(16)23-2)9-25-21(29)24-8-14-13-6-7-30-18(13)5-4-17(14)22/h5-8,11,13-14H,9-10,12,15H2,1-4H3,(H,28,29);2-7,11,13,21H,8-10,12H2,1H3,(H,27,28)(H,30,32);4-5,9-11H,6-8H2,1,3H3,(H,24,25)/i9D,10D,12D2;;. The van der Waals surface area contributed by atoms with Gasteiger partial charge in [0.25, 0.3) is 0 Å². The van der Waals surface area contributed by atoms with Crippen LogP contribution >= 0.6 is 0 Å². The van der Waals surface area contributed by atoms with Gasteiger partial charge in [0.2, 0.25) is 23.8 Å². The SMILES string of the molecule is Cc1cn2c(NCc3c(F)ccc4c3CCO4)ncc(-c3ccc(C4CC(=O)N4)cc3)c2n1.[2H]C1Oc2ccc(F)c(C([2H])([2H])Nc3ncc(-c4ccc(CN(C)C)cc4C)c4nc(C)cn34)c2C1[2H].[C-]#[N+]c1nn(C)cc1-c1cnc(NCc2c(F)ccc3c2CCO3)n2cc(C)nc12. The van der Waals surface area contributed by atoms with E-state index in [1.54, 1.807) is 59.2 Å². The van der Waals surface area contributed by atoms with Crippen LogP contribution in [0, 0.1) is 51.7 Å². The van der Waals surface area contributed by atoms with Crippen molar-refractivity contribution in [1.29, 1.82) is 0 Å². The fourth-order valence-electron chi connectivity index (χ4n) is 12.5. The number of benzene rings is 5. The second kappa shape index (κ2) is 25.9. The molecule has 0 bridgehead atoms. The Hall–Kier alpha value is -11.3. The summed E-state index contributed by atoms with van der Waals surface area (Å²) in [4.78, 5) is 44.5. The molecule has 1 fully saturated rings. The number of halogens is 3. The lowest BCUT2D eigenvalue weighted by Gasteiger charge is -2.27. The molecule has 3 unspecified atom stereocenters. The first kappa shape index (κ1) is 57.4. The summed E-state index contributed by atoms with van der Waals surface area (Å²) < 4.78 is 101. The predicted molar refractivity (Wildman–Crippen MR) is 359 cm³/mol. The van der Waals surface area contributed by atoms with Gasteiger partial charge in [-0.2, -0.15) is 0 Å². The maximum absolute atomic E-state index is 15.0. The van der Waals surface area contributed by atoms with Gasteiger partial charge in [-0.25, -0.2) is 47.8 Å². The van der Waals surface area contributed by atoms with Crippen molar-refractivity contribution in [3.8, 4) is 50.6 Å². The van der Waals surface area contributed by atoms with Gasteiger partial charge in [-0.05, 0) is 111 Å². The molecule has 3 atom stereocenters. The summed E-state index contributed by atoms with van der Waals surface area (Å²) in [5, 5.41) is 16.3. The molecule has 0 radical (unpaired) electrons. The largest absolute Gasteiger partial charge is 0.493 e. The molecule has 12 aromatic rings. The number of nitrogens with one attached hydrogen (secondary N) is 4. The molecule has 4 N–H and O–H groups in total. The lowest BCUT2D eigenvalue weighted by atomic mass is 9.95. The van der Waals surface area contributed by atoms with Crippen LogP contribution in [-0.2, 0) is 57.2 Å². The summed E-state index contributed by atoms with van der Waals surface area (Å²) in [5.41, 5.74) is 15.4. The first-order valence-corrected chi connectivity index (χ1v) is 31.1. The molecule has 21 nitrogen and oxygen atoms in total. The van der Waals surface area contributed by atoms with Crippen molar-refractivity contribution in [2.45, 2.75) is 85.5 Å². The summed E-state index contributed by atoms with van der Waals surface area (Å²) in [6, 6.07) is 23.1. The fraction of sp³-hybridized carbons (Fsp3) is 0.264. The summed E-state index contributed by atoms with van der Waals surface area (Å²) in [5.74, 6) is 1.94. The van der Waals surface area contributed by atoms with E-state index in [2.05, 4.69) is 73.2 Å². The summed E-state index contributed by atoms with van der Waals surface area (Å²) in [7, 11) is 5.81. The number of hydrogen-bond donors (Lipinski definition) is 4. The Bertz CT molecular complexity index is 5260. The van der Waals surface area contributed by atoms with Gasteiger partial charge < -0.3 is 45.2 Å². The second-order valence-electron chi connectivity index (χ2n) is 24.1. The van der Waals surface area contributed by atoms with Crippen LogP contribution in [0.2, 0.25) is 0 Å². The highest BCUT2D eigenvalue weighted by molar-refractivity contribution is 5.86. The molecule has 4 aliphatic heterocycles. The number of carbonyl (C=O) groups excluding carboxylic acids is 1. The lowest BCUT2D eigenvalue weighted by Crippen LogP contribution is -2.41. The third-order valence-electron chi connectivity index (χ3n) is 17.1. The van der Waals surface area contributed by atoms with Gasteiger partial charge >= 0.3 is 5.82 Å². The van der Waals surface area contributed by atoms with Crippen molar-refractivity contribution in [3.05, 3.63) is 218 Å². The smallest absolute Gasteiger partial charge is 0.303 e. The molecular weight excluding hydrogens is 1220 g/mol. The molecule has 0 aliphatic carbocycles. The van der Waals surface area contributed by atoms with Crippen molar-refractivity contribution >= 4 is 46.5 Å². The van der Waals surface area contributed by atoms with E-state index in [4.69, 9.17) is 31.2 Å². The van der Waals surface area contributed by atoms with Crippen LogP contribution in [0.1, 0.15) is 85.1 Å². The molecular formula is C72H68F3N17O4. The number of carbonyl (C=O) groups is 1. The quantitative estimate of drug-likeness (QED) is 0.0556. The fourth-order valence-corrected chi connectivity index (χ4v) is 12.5. The van der Waals surface area contributed by atoms with Crippen molar-refractivity contribution in [3.63, 3.8) is 0 Å². The number of rotatable bonds is 15. The molecule has 16 rings (SSSR count). The molecule has 24 heteroatoms. The van der Waals surface area contributed by atoms with Crippen LogP contribution in [-0.4, -0.2) is 97.6 Å².